The smallest absolute Gasteiger partial charge is 0.0464 e. The molecule has 0 radical (unpaired) electrons. The second-order valence-electron chi connectivity index (χ2n) is 4.94. The molecule has 0 aliphatic heterocycles. The zero-order valence-electron chi connectivity index (χ0n) is 9.38. The highest BCUT2D eigenvalue weighted by molar-refractivity contribution is 4.75. The molecule has 2 atom stereocenters. The van der Waals surface area contributed by atoms with Crippen molar-refractivity contribution in [3.63, 3.8) is 0 Å². The summed E-state index contributed by atoms with van der Waals surface area (Å²) in [5.74, 6) is 0.640. The molecular weight excluding hydrogens is 164 g/mol. The number of aliphatic hydroxyl groups is 2. The Balaban J connectivity index is 4.11. The minimum atomic E-state index is 0.136. The normalized spacial score (nSPS) is 17.1. The zero-order valence-corrected chi connectivity index (χ0v) is 9.38. The molecule has 0 amide bonds. The lowest BCUT2D eigenvalue weighted by Crippen LogP contribution is -2.27. The molecular formula is C11H24O2. The van der Waals surface area contributed by atoms with E-state index in [4.69, 9.17) is 5.11 Å². The van der Waals surface area contributed by atoms with E-state index in [1.165, 1.54) is 0 Å². The summed E-state index contributed by atoms with van der Waals surface area (Å²) in [7, 11) is 0. The van der Waals surface area contributed by atoms with Gasteiger partial charge < -0.3 is 10.2 Å². The first-order chi connectivity index (χ1) is 5.95. The van der Waals surface area contributed by atoms with E-state index in [0.29, 0.717) is 11.8 Å². The summed E-state index contributed by atoms with van der Waals surface area (Å²) >= 11 is 0. The third kappa shape index (κ3) is 4.63. The van der Waals surface area contributed by atoms with Crippen LogP contribution in [0.3, 0.4) is 0 Å². The summed E-state index contributed by atoms with van der Waals surface area (Å²) in [6.45, 7) is 8.95. The van der Waals surface area contributed by atoms with E-state index in [1.807, 2.05) is 0 Å². The van der Waals surface area contributed by atoms with E-state index >= 15 is 0 Å². The molecule has 0 spiro atoms. The fourth-order valence-electron chi connectivity index (χ4n) is 1.47. The van der Waals surface area contributed by atoms with Crippen molar-refractivity contribution >= 4 is 0 Å². The summed E-state index contributed by atoms with van der Waals surface area (Å²) < 4.78 is 0. The average molecular weight is 188 g/mol. The number of rotatable bonds is 5. The molecule has 0 fully saturated rings. The summed E-state index contributed by atoms with van der Waals surface area (Å²) in [4.78, 5) is 0. The fraction of sp³-hybridized carbons (Fsp3) is 1.00. The van der Waals surface area contributed by atoms with E-state index in [1.54, 1.807) is 0 Å². The van der Waals surface area contributed by atoms with Crippen LogP contribution in [-0.2, 0) is 0 Å². The van der Waals surface area contributed by atoms with Crippen molar-refractivity contribution in [2.75, 3.05) is 13.2 Å². The topological polar surface area (TPSA) is 40.5 Å². The van der Waals surface area contributed by atoms with Crippen LogP contribution in [-0.4, -0.2) is 23.4 Å². The molecule has 0 bridgehead atoms. The fourth-order valence-corrected chi connectivity index (χ4v) is 1.47. The molecule has 0 saturated heterocycles. The standard InChI is InChI=1S/C11H24O2/c1-5-9(7-12)6-10(8-13)11(2,3)4/h9-10,12-13H,5-8H2,1-4H3. The third-order valence-electron chi connectivity index (χ3n) is 2.90. The largest absolute Gasteiger partial charge is 0.396 e. The van der Waals surface area contributed by atoms with Crippen molar-refractivity contribution < 1.29 is 10.2 Å². The lowest BCUT2D eigenvalue weighted by atomic mass is 9.76. The van der Waals surface area contributed by atoms with Gasteiger partial charge in [0.1, 0.15) is 0 Å². The van der Waals surface area contributed by atoms with Crippen molar-refractivity contribution in [2.45, 2.75) is 40.5 Å². The van der Waals surface area contributed by atoms with Crippen LogP contribution >= 0.6 is 0 Å². The monoisotopic (exact) mass is 188 g/mol. The Morgan fingerprint density at radius 3 is 1.85 bits per heavy atom. The highest BCUT2D eigenvalue weighted by Crippen LogP contribution is 2.31. The van der Waals surface area contributed by atoms with Gasteiger partial charge in [-0.1, -0.05) is 34.1 Å². The molecule has 2 unspecified atom stereocenters. The molecule has 0 aromatic heterocycles. The maximum absolute atomic E-state index is 9.22. The average Bonchev–Trinajstić information content (AvgIpc) is 2.04. The Kier molecular flexibility index (Phi) is 5.57. The van der Waals surface area contributed by atoms with Gasteiger partial charge in [-0.2, -0.15) is 0 Å². The van der Waals surface area contributed by atoms with Gasteiger partial charge in [0.25, 0.3) is 0 Å². The highest BCUT2D eigenvalue weighted by Gasteiger charge is 2.25. The Morgan fingerprint density at radius 1 is 1.08 bits per heavy atom. The SMILES string of the molecule is CCC(CO)CC(CO)C(C)(C)C. The molecule has 0 heterocycles. The first-order valence-corrected chi connectivity index (χ1v) is 5.17. The van der Waals surface area contributed by atoms with Gasteiger partial charge >= 0.3 is 0 Å². The molecule has 0 saturated carbocycles. The van der Waals surface area contributed by atoms with Gasteiger partial charge in [0, 0.05) is 13.2 Å². The van der Waals surface area contributed by atoms with Gasteiger partial charge in [-0.3, -0.25) is 0 Å². The van der Waals surface area contributed by atoms with Gasteiger partial charge in [-0.25, -0.2) is 0 Å². The van der Waals surface area contributed by atoms with Crippen LogP contribution in [0.1, 0.15) is 40.5 Å². The Bertz CT molecular complexity index is 123. The Morgan fingerprint density at radius 2 is 1.62 bits per heavy atom. The first-order valence-electron chi connectivity index (χ1n) is 5.17. The van der Waals surface area contributed by atoms with Crippen molar-refractivity contribution in [1.82, 2.24) is 0 Å². The Hall–Kier alpha value is -0.0800. The zero-order chi connectivity index (χ0) is 10.5. The van der Waals surface area contributed by atoms with E-state index < -0.39 is 0 Å². The van der Waals surface area contributed by atoms with E-state index in [-0.39, 0.29) is 18.6 Å². The molecule has 13 heavy (non-hydrogen) atoms. The lowest BCUT2D eigenvalue weighted by Gasteiger charge is -2.31. The van der Waals surface area contributed by atoms with E-state index in [9.17, 15) is 5.11 Å². The van der Waals surface area contributed by atoms with Crippen LogP contribution in [0.5, 0.6) is 0 Å². The van der Waals surface area contributed by atoms with Crippen LogP contribution in [0.2, 0.25) is 0 Å². The van der Waals surface area contributed by atoms with E-state index in [2.05, 4.69) is 27.7 Å². The second-order valence-corrected chi connectivity index (χ2v) is 4.94. The Labute approximate surface area is 82.0 Å². The van der Waals surface area contributed by atoms with Gasteiger partial charge in [-0.15, -0.1) is 0 Å². The molecule has 0 aliphatic carbocycles. The van der Waals surface area contributed by atoms with Crippen LogP contribution in [0.4, 0.5) is 0 Å². The summed E-state index contributed by atoms with van der Waals surface area (Å²) in [5.41, 5.74) is 0.136. The van der Waals surface area contributed by atoms with E-state index in [0.717, 1.165) is 12.8 Å². The first kappa shape index (κ1) is 12.9. The second kappa shape index (κ2) is 5.61. The van der Waals surface area contributed by atoms with Gasteiger partial charge in [0.2, 0.25) is 0 Å². The predicted octanol–water partition coefficient (Wildman–Crippen LogP) is 2.05. The number of hydrogen-bond acceptors (Lipinski definition) is 2. The minimum Gasteiger partial charge on any atom is -0.396 e. The van der Waals surface area contributed by atoms with Gasteiger partial charge in [-0.05, 0) is 23.7 Å². The maximum Gasteiger partial charge on any atom is 0.0464 e. The van der Waals surface area contributed by atoms with Crippen LogP contribution < -0.4 is 0 Å². The van der Waals surface area contributed by atoms with Crippen molar-refractivity contribution in [2.24, 2.45) is 17.3 Å². The van der Waals surface area contributed by atoms with Crippen LogP contribution in [0, 0.1) is 17.3 Å². The number of hydrogen-bond donors (Lipinski definition) is 2. The quantitative estimate of drug-likeness (QED) is 0.693. The van der Waals surface area contributed by atoms with Crippen molar-refractivity contribution in [3.8, 4) is 0 Å². The molecule has 0 aromatic rings. The molecule has 80 valence electrons. The molecule has 2 N–H and O–H groups in total. The lowest BCUT2D eigenvalue weighted by molar-refractivity contribution is 0.0895. The predicted molar refractivity (Wildman–Crippen MR) is 55.5 cm³/mol. The summed E-state index contributed by atoms with van der Waals surface area (Å²) in [6, 6.07) is 0. The summed E-state index contributed by atoms with van der Waals surface area (Å²) in [5, 5.41) is 18.3. The minimum absolute atomic E-state index is 0.136. The molecule has 2 heteroatoms. The van der Waals surface area contributed by atoms with Crippen LogP contribution in [0.15, 0.2) is 0 Å². The molecule has 0 rings (SSSR count). The molecule has 0 aromatic carbocycles. The van der Waals surface area contributed by atoms with Crippen LogP contribution in [0.25, 0.3) is 0 Å². The summed E-state index contributed by atoms with van der Waals surface area (Å²) in [6.07, 6.45) is 1.91. The third-order valence-corrected chi connectivity index (χ3v) is 2.90. The van der Waals surface area contributed by atoms with Crippen molar-refractivity contribution in [3.05, 3.63) is 0 Å². The highest BCUT2D eigenvalue weighted by atomic mass is 16.3. The molecule has 0 aliphatic rings. The number of aliphatic hydroxyl groups excluding tert-OH is 2. The maximum atomic E-state index is 9.22. The van der Waals surface area contributed by atoms with Crippen molar-refractivity contribution in [1.29, 1.82) is 0 Å². The molecule has 2 nitrogen and oxygen atoms in total. The van der Waals surface area contributed by atoms with Gasteiger partial charge in [0.15, 0.2) is 0 Å². The van der Waals surface area contributed by atoms with Gasteiger partial charge in [0.05, 0.1) is 0 Å².